The van der Waals surface area contributed by atoms with Crippen LogP contribution in [0.25, 0.3) is 10.9 Å². The van der Waals surface area contributed by atoms with Gasteiger partial charge in [-0.3, -0.25) is 4.79 Å². The normalized spacial score (nSPS) is 11.8. The van der Waals surface area contributed by atoms with E-state index in [1.165, 1.54) is 0 Å². The van der Waals surface area contributed by atoms with Gasteiger partial charge in [-0.1, -0.05) is 32.8 Å². The minimum atomic E-state index is -0.796. The van der Waals surface area contributed by atoms with Crippen LogP contribution in [0.15, 0.2) is 30.5 Å². The van der Waals surface area contributed by atoms with E-state index >= 15 is 0 Å². The lowest BCUT2D eigenvalue weighted by Gasteiger charge is -2.27. The van der Waals surface area contributed by atoms with Crippen LogP contribution < -0.4 is 5.32 Å². The average Bonchev–Trinajstić information content (AvgIpc) is 2.92. The molecule has 4 heteroatoms. The highest BCUT2D eigenvalue weighted by Gasteiger charge is 2.25. The van der Waals surface area contributed by atoms with E-state index < -0.39 is 5.60 Å². The topological polar surface area (TPSA) is 65.1 Å². The lowest BCUT2D eigenvalue weighted by Crippen LogP contribution is -2.42. The summed E-state index contributed by atoms with van der Waals surface area (Å²) in [5, 5.41) is 14.5. The highest BCUT2D eigenvalue weighted by atomic mass is 16.3. The zero-order valence-electron chi connectivity index (χ0n) is 12.8. The molecule has 0 bridgehead atoms. The van der Waals surface area contributed by atoms with Crippen LogP contribution in [0, 0.1) is 0 Å². The summed E-state index contributed by atoms with van der Waals surface area (Å²) in [5.74, 6) is -0.142. The average molecular weight is 288 g/mol. The number of aromatic nitrogens is 1. The van der Waals surface area contributed by atoms with E-state index in [-0.39, 0.29) is 5.91 Å². The Morgan fingerprint density at radius 1 is 1.24 bits per heavy atom. The van der Waals surface area contributed by atoms with Crippen molar-refractivity contribution in [3.63, 3.8) is 0 Å². The van der Waals surface area contributed by atoms with E-state index in [9.17, 15) is 9.90 Å². The summed E-state index contributed by atoms with van der Waals surface area (Å²) >= 11 is 0. The largest absolute Gasteiger partial charge is 0.388 e. The Hall–Kier alpha value is -1.81. The van der Waals surface area contributed by atoms with Crippen LogP contribution in [0.4, 0.5) is 0 Å². The van der Waals surface area contributed by atoms with Crippen molar-refractivity contribution in [2.75, 3.05) is 6.54 Å². The third kappa shape index (κ3) is 3.85. The lowest BCUT2D eigenvalue weighted by atomic mass is 9.92. The van der Waals surface area contributed by atoms with Gasteiger partial charge in [0.1, 0.15) is 0 Å². The zero-order chi connectivity index (χ0) is 15.3. The third-order valence-electron chi connectivity index (χ3n) is 3.83. The molecule has 4 nitrogen and oxygen atoms in total. The molecule has 0 atom stereocenters. The van der Waals surface area contributed by atoms with Crippen LogP contribution in [0.2, 0.25) is 0 Å². The molecule has 0 radical (unpaired) electrons. The van der Waals surface area contributed by atoms with Crippen LogP contribution in [0.5, 0.6) is 0 Å². The number of carbonyl (C=O) groups excluding carboxylic acids is 1. The summed E-state index contributed by atoms with van der Waals surface area (Å²) in [5.41, 5.74) is 0.760. The molecule has 0 unspecified atom stereocenters. The van der Waals surface area contributed by atoms with Gasteiger partial charge in [-0.15, -0.1) is 0 Å². The number of hydrogen-bond donors (Lipinski definition) is 3. The van der Waals surface area contributed by atoms with Crippen molar-refractivity contribution in [3.8, 4) is 0 Å². The van der Waals surface area contributed by atoms with E-state index in [1.54, 1.807) is 0 Å². The quantitative estimate of drug-likeness (QED) is 0.732. The van der Waals surface area contributed by atoms with Gasteiger partial charge in [0, 0.05) is 23.8 Å². The van der Waals surface area contributed by atoms with Gasteiger partial charge in [0.15, 0.2) is 0 Å². The van der Waals surface area contributed by atoms with Crippen molar-refractivity contribution < 1.29 is 9.90 Å². The van der Waals surface area contributed by atoms with Crippen molar-refractivity contribution in [1.82, 2.24) is 10.3 Å². The van der Waals surface area contributed by atoms with Gasteiger partial charge in [-0.2, -0.15) is 0 Å². The van der Waals surface area contributed by atoms with Gasteiger partial charge in [0.2, 0.25) is 0 Å². The second kappa shape index (κ2) is 6.76. The van der Waals surface area contributed by atoms with Crippen molar-refractivity contribution >= 4 is 16.8 Å². The molecule has 0 saturated heterocycles. The Kier molecular flexibility index (Phi) is 5.02. The summed E-state index contributed by atoms with van der Waals surface area (Å²) in [7, 11) is 0. The van der Waals surface area contributed by atoms with Crippen molar-refractivity contribution in [1.29, 1.82) is 0 Å². The molecule has 0 saturated carbocycles. The second-order valence-corrected chi connectivity index (χ2v) is 5.69. The minimum absolute atomic E-state index is 0.142. The molecule has 0 aliphatic carbocycles. The van der Waals surface area contributed by atoms with Crippen LogP contribution in [-0.4, -0.2) is 28.1 Å². The molecule has 114 valence electrons. The molecule has 0 aliphatic heterocycles. The Morgan fingerprint density at radius 2 is 1.95 bits per heavy atom. The Balaban J connectivity index is 2.02. The summed E-state index contributed by atoms with van der Waals surface area (Å²) < 4.78 is 0. The van der Waals surface area contributed by atoms with Gasteiger partial charge in [-0.25, -0.2) is 0 Å². The number of nitrogens with one attached hydrogen (secondary N) is 2. The van der Waals surface area contributed by atoms with Gasteiger partial charge in [0.05, 0.1) is 5.60 Å². The fraction of sp³-hybridized carbons (Fsp3) is 0.471. The molecule has 1 aromatic heterocycles. The number of benzene rings is 1. The number of aromatic amines is 1. The van der Waals surface area contributed by atoms with E-state index in [1.807, 2.05) is 44.3 Å². The number of hydrogen-bond acceptors (Lipinski definition) is 2. The molecule has 0 aliphatic rings. The van der Waals surface area contributed by atoms with Gasteiger partial charge in [-0.05, 0) is 36.4 Å². The first kappa shape index (κ1) is 15.6. The van der Waals surface area contributed by atoms with Crippen LogP contribution >= 0.6 is 0 Å². The molecule has 0 spiro atoms. The maximum atomic E-state index is 12.2. The standard InChI is InChI=1S/C17H24N2O2/c1-3-8-17(21,9-4-2)12-19-16(20)14-6-5-13-7-10-18-15(13)11-14/h5-7,10-11,18,21H,3-4,8-9,12H2,1-2H3,(H,19,20). The fourth-order valence-corrected chi connectivity index (χ4v) is 2.77. The number of amides is 1. The van der Waals surface area contributed by atoms with Crippen LogP contribution in [0.1, 0.15) is 49.9 Å². The minimum Gasteiger partial charge on any atom is -0.388 e. The van der Waals surface area contributed by atoms with Gasteiger partial charge >= 0.3 is 0 Å². The second-order valence-electron chi connectivity index (χ2n) is 5.69. The molecular weight excluding hydrogens is 264 g/mol. The Bertz CT molecular complexity index is 598. The number of H-pyrrole nitrogens is 1. The number of rotatable bonds is 7. The highest BCUT2D eigenvalue weighted by Crippen LogP contribution is 2.19. The number of aliphatic hydroxyl groups is 1. The van der Waals surface area contributed by atoms with E-state index in [0.717, 1.165) is 23.7 Å². The summed E-state index contributed by atoms with van der Waals surface area (Å²) in [6, 6.07) is 7.54. The van der Waals surface area contributed by atoms with Gasteiger partial charge < -0.3 is 15.4 Å². The molecule has 21 heavy (non-hydrogen) atoms. The SMILES string of the molecule is CCCC(O)(CCC)CNC(=O)c1ccc2cc[nH]c2c1. The zero-order valence-corrected chi connectivity index (χ0v) is 12.8. The first-order chi connectivity index (χ1) is 10.1. The number of fused-ring (bicyclic) bond motifs is 1. The smallest absolute Gasteiger partial charge is 0.251 e. The van der Waals surface area contributed by atoms with Crippen molar-refractivity contribution in [3.05, 3.63) is 36.0 Å². The molecule has 1 heterocycles. The Labute approximate surface area is 125 Å². The van der Waals surface area contributed by atoms with E-state index in [4.69, 9.17) is 0 Å². The first-order valence-electron chi connectivity index (χ1n) is 7.65. The monoisotopic (exact) mass is 288 g/mol. The molecule has 2 aromatic rings. The predicted molar refractivity (Wildman–Crippen MR) is 85.4 cm³/mol. The number of carbonyl (C=O) groups is 1. The van der Waals surface area contributed by atoms with E-state index in [0.29, 0.717) is 24.9 Å². The maximum Gasteiger partial charge on any atom is 0.251 e. The van der Waals surface area contributed by atoms with Crippen LogP contribution in [-0.2, 0) is 0 Å². The highest BCUT2D eigenvalue weighted by molar-refractivity contribution is 5.97. The lowest BCUT2D eigenvalue weighted by molar-refractivity contribution is 0.0213. The maximum absolute atomic E-state index is 12.2. The molecule has 0 fully saturated rings. The summed E-state index contributed by atoms with van der Waals surface area (Å²) in [6.07, 6.45) is 5.07. The summed E-state index contributed by atoms with van der Waals surface area (Å²) in [4.78, 5) is 15.3. The molecular formula is C17H24N2O2. The molecule has 3 N–H and O–H groups in total. The van der Waals surface area contributed by atoms with Crippen molar-refractivity contribution in [2.24, 2.45) is 0 Å². The van der Waals surface area contributed by atoms with Gasteiger partial charge in [0.25, 0.3) is 5.91 Å². The van der Waals surface area contributed by atoms with E-state index in [2.05, 4.69) is 10.3 Å². The molecule has 2 rings (SSSR count). The fourth-order valence-electron chi connectivity index (χ4n) is 2.77. The summed E-state index contributed by atoms with van der Waals surface area (Å²) in [6.45, 7) is 4.39. The van der Waals surface area contributed by atoms with Crippen molar-refractivity contribution in [2.45, 2.75) is 45.1 Å². The third-order valence-corrected chi connectivity index (χ3v) is 3.83. The predicted octanol–water partition coefficient (Wildman–Crippen LogP) is 3.23. The van der Waals surface area contributed by atoms with Crippen LogP contribution in [0.3, 0.4) is 0 Å². The molecule has 1 aromatic carbocycles. The molecule has 1 amide bonds. The Morgan fingerprint density at radius 3 is 2.62 bits per heavy atom. The first-order valence-corrected chi connectivity index (χ1v) is 7.65.